The maximum Gasteiger partial charge on any atom is 0.0594 e. The van der Waals surface area contributed by atoms with Crippen molar-refractivity contribution in [3.05, 3.63) is 59.9 Å². The Morgan fingerprint density at radius 2 is 1.85 bits per heavy atom. The molecule has 0 aliphatic carbocycles. The van der Waals surface area contributed by atoms with Crippen LogP contribution in [0.4, 0.5) is 0 Å². The van der Waals surface area contributed by atoms with Crippen molar-refractivity contribution in [3.63, 3.8) is 0 Å². The van der Waals surface area contributed by atoms with Gasteiger partial charge in [0.25, 0.3) is 0 Å². The monoisotopic (exact) mass is 270 g/mol. The highest BCUT2D eigenvalue weighted by Gasteiger charge is 2.12. The molecule has 0 amide bonds. The Labute approximate surface area is 120 Å². The fourth-order valence-electron chi connectivity index (χ4n) is 2.71. The van der Waals surface area contributed by atoms with Crippen molar-refractivity contribution < 1.29 is 4.74 Å². The molecule has 3 heteroatoms. The van der Waals surface area contributed by atoms with E-state index in [2.05, 4.69) is 65.2 Å². The lowest BCUT2D eigenvalue weighted by Crippen LogP contribution is -2.35. The van der Waals surface area contributed by atoms with Crippen LogP contribution >= 0.6 is 0 Å². The second kappa shape index (κ2) is 6.25. The summed E-state index contributed by atoms with van der Waals surface area (Å²) in [5.41, 5.74) is 2.73. The summed E-state index contributed by atoms with van der Waals surface area (Å²) in [4.78, 5) is 2.45. The van der Waals surface area contributed by atoms with Crippen molar-refractivity contribution in [3.8, 4) is 0 Å². The Hall–Kier alpha value is -1.58. The zero-order valence-corrected chi connectivity index (χ0v) is 12.0. The first-order valence-corrected chi connectivity index (χ1v) is 7.34. The van der Waals surface area contributed by atoms with Crippen molar-refractivity contribution in [1.82, 2.24) is 9.47 Å². The number of morpholine rings is 1. The first-order chi connectivity index (χ1) is 9.83. The largest absolute Gasteiger partial charge is 0.379 e. The zero-order chi connectivity index (χ0) is 13.8. The SMILES string of the molecule is C[C@@H](c1ccccc1)n1ccc(CN2CCOCC2)c1. The van der Waals surface area contributed by atoms with Gasteiger partial charge in [-0.2, -0.15) is 0 Å². The third-order valence-electron chi connectivity index (χ3n) is 4.01. The first-order valence-electron chi connectivity index (χ1n) is 7.34. The molecular weight excluding hydrogens is 248 g/mol. The lowest BCUT2D eigenvalue weighted by atomic mass is 10.1. The van der Waals surface area contributed by atoms with Gasteiger partial charge in [0.2, 0.25) is 0 Å². The summed E-state index contributed by atoms with van der Waals surface area (Å²) < 4.78 is 7.69. The third kappa shape index (κ3) is 3.11. The van der Waals surface area contributed by atoms with Gasteiger partial charge in [0.15, 0.2) is 0 Å². The maximum atomic E-state index is 5.39. The molecule has 3 rings (SSSR count). The first kappa shape index (κ1) is 13.4. The van der Waals surface area contributed by atoms with E-state index in [0.29, 0.717) is 6.04 Å². The zero-order valence-electron chi connectivity index (χ0n) is 12.0. The highest BCUT2D eigenvalue weighted by atomic mass is 16.5. The molecule has 1 aliphatic heterocycles. The van der Waals surface area contributed by atoms with Crippen LogP contribution in [0.25, 0.3) is 0 Å². The van der Waals surface area contributed by atoms with Gasteiger partial charge in [-0.05, 0) is 24.1 Å². The van der Waals surface area contributed by atoms with Crippen molar-refractivity contribution in [2.45, 2.75) is 19.5 Å². The topological polar surface area (TPSA) is 17.4 Å². The Morgan fingerprint density at radius 3 is 2.60 bits per heavy atom. The van der Waals surface area contributed by atoms with E-state index >= 15 is 0 Å². The molecule has 0 spiro atoms. The van der Waals surface area contributed by atoms with Crippen LogP contribution in [-0.4, -0.2) is 35.8 Å². The standard InChI is InChI=1S/C17H22N2O/c1-15(17-5-3-2-4-6-17)19-8-7-16(14-19)13-18-9-11-20-12-10-18/h2-8,14-15H,9-13H2,1H3/t15-/m0/s1. The Kier molecular flexibility index (Phi) is 4.19. The van der Waals surface area contributed by atoms with Gasteiger partial charge in [-0.15, -0.1) is 0 Å². The van der Waals surface area contributed by atoms with Gasteiger partial charge in [0, 0.05) is 32.0 Å². The number of hydrogen-bond donors (Lipinski definition) is 0. The van der Waals surface area contributed by atoms with Gasteiger partial charge in [0.05, 0.1) is 19.3 Å². The van der Waals surface area contributed by atoms with Crippen molar-refractivity contribution >= 4 is 0 Å². The molecule has 2 heterocycles. The molecule has 2 aromatic rings. The molecule has 1 aromatic carbocycles. The predicted molar refractivity (Wildman–Crippen MR) is 80.8 cm³/mol. The van der Waals surface area contributed by atoms with Gasteiger partial charge in [-0.3, -0.25) is 4.90 Å². The summed E-state index contributed by atoms with van der Waals surface area (Å²) in [5.74, 6) is 0. The summed E-state index contributed by atoms with van der Waals surface area (Å²) in [6, 6.07) is 13.3. The smallest absolute Gasteiger partial charge is 0.0594 e. The highest BCUT2D eigenvalue weighted by molar-refractivity contribution is 5.21. The second-order valence-corrected chi connectivity index (χ2v) is 5.44. The van der Waals surface area contributed by atoms with Crippen molar-refractivity contribution in [1.29, 1.82) is 0 Å². The molecule has 0 radical (unpaired) electrons. The number of nitrogens with zero attached hydrogens (tertiary/aromatic N) is 2. The molecule has 1 aromatic heterocycles. The molecule has 20 heavy (non-hydrogen) atoms. The molecule has 1 saturated heterocycles. The molecule has 0 N–H and O–H groups in total. The van der Waals surface area contributed by atoms with E-state index < -0.39 is 0 Å². The van der Waals surface area contributed by atoms with Gasteiger partial charge in [-0.1, -0.05) is 30.3 Å². The molecule has 0 saturated carbocycles. The lowest BCUT2D eigenvalue weighted by Gasteiger charge is -2.26. The summed E-state index contributed by atoms with van der Waals surface area (Å²) >= 11 is 0. The normalized spacial score (nSPS) is 18.1. The summed E-state index contributed by atoms with van der Waals surface area (Å²) in [6.45, 7) is 7.08. The molecule has 0 unspecified atom stereocenters. The van der Waals surface area contributed by atoms with E-state index in [0.717, 1.165) is 32.8 Å². The van der Waals surface area contributed by atoms with Gasteiger partial charge >= 0.3 is 0 Å². The van der Waals surface area contributed by atoms with Crippen LogP contribution in [0.1, 0.15) is 24.1 Å². The van der Waals surface area contributed by atoms with Crippen LogP contribution in [0.15, 0.2) is 48.8 Å². The number of rotatable bonds is 4. The van der Waals surface area contributed by atoms with E-state index in [9.17, 15) is 0 Å². The van der Waals surface area contributed by atoms with Gasteiger partial charge in [-0.25, -0.2) is 0 Å². The summed E-state index contributed by atoms with van der Waals surface area (Å²) in [7, 11) is 0. The quantitative estimate of drug-likeness (QED) is 0.850. The minimum Gasteiger partial charge on any atom is -0.379 e. The van der Waals surface area contributed by atoms with Crippen LogP contribution in [0.5, 0.6) is 0 Å². The Morgan fingerprint density at radius 1 is 1.10 bits per heavy atom. The van der Waals surface area contributed by atoms with E-state index in [1.807, 2.05) is 0 Å². The number of hydrogen-bond acceptors (Lipinski definition) is 2. The van der Waals surface area contributed by atoms with Crippen LogP contribution in [0.2, 0.25) is 0 Å². The van der Waals surface area contributed by atoms with Crippen LogP contribution in [-0.2, 0) is 11.3 Å². The minimum absolute atomic E-state index is 0.384. The van der Waals surface area contributed by atoms with Crippen LogP contribution < -0.4 is 0 Å². The molecule has 106 valence electrons. The van der Waals surface area contributed by atoms with Crippen molar-refractivity contribution in [2.75, 3.05) is 26.3 Å². The van der Waals surface area contributed by atoms with Gasteiger partial charge in [0.1, 0.15) is 0 Å². The van der Waals surface area contributed by atoms with Crippen LogP contribution in [0, 0.1) is 0 Å². The average molecular weight is 270 g/mol. The highest BCUT2D eigenvalue weighted by Crippen LogP contribution is 2.19. The second-order valence-electron chi connectivity index (χ2n) is 5.44. The molecule has 1 atom stereocenters. The van der Waals surface area contributed by atoms with E-state index in [-0.39, 0.29) is 0 Å². The molecule has 1 aliphatic rings. The number of aromatic nitrogens is 1. The third-order valence-corrected chi connectivity index (χ3v) is 4.01. The van der Waals surface area contributed by atoms with Crippen LogP contribution in [0.3, 0.4) is 0 Å². The summed E-state index contributed by atoms with van der Waals surface area (Å²) in [5, 5.41) is 0. The molecular formula is C17H22N2O. The molecule has 3 nitrogen and oxygen atoms in total. The van der Waals surface area contributed by atoms with Crippen molar-refractivity contribution in [2.24, 2.45) is 0 Å². The summed E-state index contributed by atoms with van der Waals surface area (Å²) in [6.07, 6.45) is 4.46. The maximum absolute atomic E-state index is 5.39. The predicted octanol–water partition coefficient (Wildman–Crippen LogP) is 2.93. The fourth-order valence-corrected chi connectivity index (χ4v) is 2.71. The fraction of sp³-hybridized carbons (Fsp3) is 0.412. The van der Waals surface area contributed by atoms with E-state index in [1.165, 1.54) is 11.1 Å². The minimum atomic E-state index is 0.384. The lowest BCUT2D eigenvalue weighted by molar-refractivity contribution is 0.0342. The Balaban J connectivity index is 1.67. The van der Waals surface area contributed by atoms with Gasteiger partial charge < -0.3 is 9.30 Å². The number of ether oxygens (including phenoxy) is 1. The molecule has 1 fully saturated rings. The average Bonchev–Trinajstić information content (AvgIpc) is 2.97. The molecule has 0 bridgehead atoms. The van der Waals surface area contributed by atoms with E-state index in [1.54, 1.807) is 0 Å². The Bertz CT molecular complexity index is 529. The number of benzene rings is 1. The van der Waals surface area contributed by atoms with E-state index in [4.69, 9.17) is 4.74 Å².